The molecule has 0 aliphatic carbocycles. The van der Waals surface area contributed by atoms with Crippen molar-refractivity contribution in [2.75, 3.05) is 0 Å². The summed E-state index contributed by atoms with van der Waals surface area (Å²) in [5.41, 5.74) is 1.91. The first-order valence-corrected chi connectivity index (χ1v) is 6.77. The van der Waals surface area contributed by atoms with Crippen LogP contribution in [0.5, 0.6) is 0 Å². The topological polar surface area (TPSA) is 29.1 Å². The van der Waals surface area contributed by atoms with Crippen molar-refractivity contribution < 1.29 is 9.18 Å². The molecule has 20 heavy (non-hydrogen) atoms. The standard InChI is InChI=1S/C16H15ClFNO/c17-14-3-1-2-13(10-14)11-19-16(20)9-6-12-4-7-15(18)8-5-12/h1-5,7-8,10H,6,9,11H2,(H,19,20). The maximum absolute atomic E-state index is 12.7. The molecular weight excluding hydrogens is 277 g/mol. The van der Waals surface area contributed by atoms with Crippen LogP contribution in [0.1, 0.15) is 17.5 Å². The molecule has 0 aliphatic heterocycles. The van der Waals surface area contributed by atoms with Crippen molar-refractivity contribution in [3.63, 3.8) is 0 Å². The van der Waals surface area contributed by atoms with Crippen molar-refractivity contribution in [2.24, 2.45) is 0 Å². The Hall–Kier alpha value is -1.87. The lowest BCUT2D eigenvalue weighted by molar-refractivity contribution is -0.121. The summed E-state index contributed by atoms with van der Waals surface area (Å²) in [5, 5.41) is 3.49. The summed E-state index contributed by atoms with van der Waals surface area (Å²) in [7, 11) is 0. The molecule has 0 atom stereocenters. The lowest BCUT2D eigenvalue weighted by atomic mass is 10.1. The van der Waals surface area contributed by atoms with Crippen LogP contribution in [-0.2, 0) is 17.8 Å². The fourth-order valence-electron chi connectivity index (χ4n) is 1.84. The second kappa shape index (κ2) is 7.06. The molecule has 104 valence electrons. The normalized spacial score (nSPS) is 10.3. The number of aryl methyl sites for hydroxylation is 1. The van der Waals surface area contributed by atoms with E-state index in [0.29, 0.717) is 24.4 Å². The van der Waals surface area contributed by atoms with Crippen molar-refractivity contribution in [3.8, 4) is 0 Å². The second-order valence-electron chi connectivity index (χ2n) is 4.53. The van der Waals surface area contributed by atoms with Gasteiger partial charge in [0.05, 0.1) is 0 Å². The summed E-state index contributed by atoms with van der Waals surface area (Å²) in [4.78, 5) is 11.7. The second-order valence-corrected chi connectivity index (χ2v) is 4.97. The van der Waals surface area contributed by atoms with E-state index in [4.69, 9.17) is 11.6 Å². The fourth-order valence-corrected chi connectivity index (χ4v) is 2.06. The van der Waals surface area contributed by atoms with E-state index >= 15 is 0 Å². The van der Waals surface area contributed by atoms with Gasteiger partial charge in [-0.15, -0.1) is 0 Å². The van der Waals surface area contributed by atoms with Crippen LogP contribution in [0.2, 0.25) is 5.02 Å². The molecule has 4 heteroatoms. The van der Waals surface area contributed by atoms with Gasteiger partial charge in [0.1, 0.15) is 5.82 Å². The highest BCUT2D eigenvalue weighted by molar-refractivity contribution is 6.30. The predicted molar refractivity (Wildman–Crippen MR) is 78.0 cm³/mol. The third-order valence-corrected chi connectivity index (χ3v) is 3.17. The van der Waals surface area contributed by atoms with Gasteiger partial charge in [-0.3, -0.25) is 4.79 Å². The Morgan fingerprint density at radius 2 is 1.85 bits per heavy atom. The maximum atomic E-state index is 12.7. The largest absolute Gasteiger partial charge is 0.352 e. The van der Waals surface area contributed by atoms with E-state index in [9.17, 15) is 9.18 Å². The Balaban J connectivity index is 1.77. The highest BCUT2D eigenvalue weighted by Crippen LogP contribution is 2.10. The van der Waals surface area contributed by atoms with Gasteiger partial charge in [-0.05, 0) is 41.8 Å². The fraction of sp³-hybridized carbons (Fsp3) is 0.188. The minimum absolute atomic E-state index is 0.0331. The number of hydrogen-bond acceptors (Lipinski definition) is 1. The van der Waals surface area contributed by atoms with Crippen molar-refractivity contribution in [1.82, 2.24) is 5.32 Å². The molecule has 0 spiro atoms. The van der Waals surface area contributed by atoms with Crippen molar-refractivity contribution in [2.45, 2.75) is 19.4 Å². The van der Waals surface area contributed by atoms with Crippen LogP contribution >= 0.6 is 11.6 Å². The van der Waals surface area contributed by atoms with Gasteiger partial charge in [-0.1, -0.05) is 35.9 Å². The summed E-state index contributed by atoms with van der Waals surface area (Å²) in [6.45, 7) is 0.461. The van der Waals surface area contributed by atoms with Crippen LogP contribution in [-0.4, -0.2) is 5.91 Å². The number of hydrogen-bond donors (Lipinski definition) is 1. The highest BCUT2D eigenvalue weighted by Gasteiger charge is 2.03. The monoisotopic (exact) mass is 291 g/mol. The summed E-state index contributed by atoms with van der Waals surface area (Å²) in [5.74, 6) is -0.298. The van der Waals surface area contributed by atoms with E-state index in [2.05, 4.69) is 5.32 Å². The van der Waals surface area contributed by atoms with Gasteiger partial charge in [0.2, 0.25) is 5.91 Å². The first-order valence-electron chi connectivity index (χ1n) is 6.39. The van der Waals surface area contributed by atoms with Gasteiger partial charge in [-0.25, -0.2) is 4.39 Å². The van der Waals surface area contributed by atoms with E-state index in [1.807, 2.05) is 18.2 Å². The molecule has 2 rings (SSSR count). The zero-order valence-corrected chi connectivity index (χ0v) is 11.7. The Labute approximate surface area is 122 Å². The maximum Gasteiger partial charge on any atom is 0.220 e. The molecule has 0 radical (unpaired) electrons. The van der Waals surface area contributed by atoms with Crippen molar-refractivity contribution in [1.29, 1.82) is 0 Å². The first kappa shape index (κ1) is 14.5. The van der Waals surface area contributed by atoms with Gasteiger partial charge in [0.25, 0.3) is 0 Å². The summed E-state index contributed by atoms with van der Waals surface area (Å²) < 4.78 is 12.7. The molecule has 0 aromatic heterocycles. The van der Waals surface area contributed by atoms with Crippen molar-refractivity contribution in [3.05, 3.63) is 70.5 Å². The minimum atomic E-state index is -0.265. The zero-order valence-electron chi connectivity index (χ0n) is 10.9. The summed E-state index contributed by atoms with van der Waals surface area (Å²) >= 11 is 5.87. The molecule has 2 aromatic rings. The summed E-state index contributed by atoms with van der Waals surface area (Å²) in [6, 6.07) is 13.6. The van der Waals surface area contributed by atoms with Crippen LogP contribution in [0.25, 0.3) is 0 Å². The van der Waals surface area contributed by atoms with Crippen LogP contribution in [0.4, 0.5) is 4.39 Å². The molecule has 0 heterocycles. The number of carbonyl (C=O) groups is 1. The van der Waals surface area contributed by atoms with Crippen LogP contribution in [0.15, 0.2) is 48.5 Å². The van der Waals surface area contributed by atoms with E-state index in [1.165, 1.54) is 12.1 Å². The SMILES string of the molecule is O=C(CCc1ccc(F)cc1)NCc1cccc(Cl)c1. The molecule has 2 nitrogen and oxygen atoms in total. The van der Waals surface area contributed by atoms with E-state index in [-0.39, 0.29) is 11.7 Å². The number of carbonyl (C=O) groups excluding carboxylic acids is 1. The molecular formula is C16H15ClFNO. The molecule has 0 saturated carbocycles. The minimum Gasteiger partial charge on any atom is -0.352 e. The molecule has 0 aliphatic rings. The number of nitrogens with one attached hydrogen (secondary N) is 1. The Bertz CT molecular complexity index is 583. The number of rotatable bonds is 5. The molecule has 0 unspecified atom stereocenters. The molecule has 0 saturated heterocycles. The van der Waals surface area contributed by atoms with Gasteiger partial charge in [-0.2, -0.15) is 0 Å². The number of halogens is 2. The quantitative estimate of drug-likeness (QED) is 0.893. The third kappa shape index (κ3) is 4.67. The first-order chi connectivity index (χ1) is 9.63. The van der Waals surface area contributed by atoms with Gasteiger partial charge in [0.15, 0.2) is 0 Å². The Kier molecular flexibility index (Phi) is 5.13. The average molecular weight is 292 g/mol. The predicted octanol–water partition coefficient (Wildman–Crippen LogP) is 3.73. The molecule has 1 N–H and O–H groups in total. The third-order valence-electron chi connectivity index (χ3n) is 2.93. The average Bonchev–Trinajstić information content (AvgIpc) is 2.45. The smallest absolute Gasteiger partial charge is 0.220 e. The van der Waals surface area contributed by atoms with Crippen LogP contribution in [0.3, 0.4) is 0 Å². The van der Waals surface area contributed by atoms with Crippen LogP contribution in [0, 0.1) is 5.82 Å². The molecule has 0 bridgehead atoms. The lowest BCUT2D eigenvalue weighted by Crippen LogP contribution is -2.22. The van der Waals surface area contributed by atoms with Gasteiger partial charge < -0.3 is 5.32 Å². The van der Waals surface area contributed by atoms with Gasteiger partial charge >= 0.3 is 0 Å². The Morgan fingerprint density at radius 3 is 2.55 bits per heavy atom. The molecule has 1 amide bonds. The zero-order chi connectivity index (χ0) is 14.4. The van der Waals surface area contributed by atoms with E-state index in [0.717, 1.165) is 11.1 Å². The molecule has 2 aromatic carbocycles. The van der Waals surface area contributed by atoms with E-state index in [1.54, 1.807) is 18.2 Å². The Morgan fingerprint density at radius 1 is 1.10 bits per heavy atom. The number of benzene rings is 2. The summed E-state index contributed by atoms with van der Waals surface area (Å²) in [6.07, 6.45) is 0.980. The number of amides is 1. The van der Waals surface area contributed by atoms with Gasteiger partial charge in [0, 0.05) is 18.0 Å². The lowest BCUT2D eigenvalue weighted by Gasteiger charge is -2.06. The highest BCUT2D eigenvalue weighted by atomic mass is 35.5. The molecule has 0 fully saturated rings. The van der Waals surface area contributed by atoms with E-state index < -0.39 is 0 Å². The van der Waals surface area contributed by atoms with Crippen molar-refractivity contribution >= 4 is 17.5 Å². The van der Waals surface area contributed by atoms with Crippen LogP contribution < -0.4 is 5.32 Å².